The summed E-state index contributed by atoms with van der Waals surface area (Å²) in [6, 6.07) is 3.06. The molecule has 0 radical (unpaired) electrons. The first-order valence-electron chi connectivity index (χ1n) is 11.5. The predicted molar refractivity (Wildman–Crippen MR) is 128 cm³/mol. The standard InChI is InChI=1S/C23H38N4O4Si/c1-23(2,3)31-22(28)27-11-8-7-9-18(27)15-30-21-19-10-12-26(20(19)24-16-25-21)17-29-13-14-32(4,5)6/h10,12,16,18H,7-9,11,13-15,17H2,1-6H3. The maximum Gasteiger partial charge on any atom is 0.410 e. The molecule has 1 amide bonds. The number of rotatable bonds is 8. The van der Waals surface area contributed by atoms with E-state index in [0.29, 0.717) is 25.8 Å². The van der Waals surface area contributed by atoms with Gasteiger partial charge in [-0.15, -0.1) is 0 Å². The Bertz CT molecular complexity index is 904. The third kappa shape index (κ3) is 6.93. The number of hydrogen-bond donors (Lipinski definition) is 0. The Labute approximate surface area is 192 Å². The van der Waals surface area contributed by atoms with Crippen LogP contribution >= 0.6 is 0 Å². The number of ether oxygens (including phenoxy) is 3. The van der Waals surface area contributed by atoms with E-state index in [-0.39, 0.29) is 12.1 Å². The lowest BCUT2D eigenvalue weighted by Crippen LogP contribution is -2.48. The predicted octanol–water partition coefficient (Wildman–Crippen LogP) is 4.91. The second-order valence-electron chi connectivity index (χ2n) is 10.7. The minimum atomic E-state index is -1.11. The zero-order valence-electron chi connectivity index (χ0n) is 20.4. The Morgan fingerprint density at radius 1 is 1.22 bits per heavy atom. The van der Waals surface area contributed by atoms with Crippen LogP contribution in [-0.4, -0.2) is 65.0 Å². The van der Waals surface area contributed by atoms with E-state index in [1.807, 2.05) is 37.6 Å². The number of piperidine rings is 1. The molecule has 2 aromatic heterocycles. The second kappa shape index (κ2) is 10.2. The Balaban J connectivity index is 1.63. The number of likely N-dealkylation sites (tertiary alicyclic amines) is 1. The van der Waals surface area contributed by atoms with Crippen molar-refractivity contribution in [2.24, 2.45) is 0 Å². The molecule has 1 aliphatic heterocycles. The van der Waals surface area contributed by atoms with Gasteiger partial charge in [-0.1, -0.05) is 19.6 Å². The summed E-state index contributed by atoms with van der Waals surface area (Å²) < 4.78 is 19.5. The number of amides is 1. The van der Waals surface area contributed by atoms with Gasteiger partial charge in [0.25, 0.3) is 0 Å². The van der Waals surface area contributed by atoms with Crippen molar-refractivity contribution in [1.82, 2.24) is 19.4 Å². The molecule has 1 aliphatic rings. The molecule has 3 heterocycles. The van der Waals surface area contributed by atoms with Crippen LogP contribution in [-0.2, 0) is 16.2 Å². The molecule has 1 unspecified atom stereocenters. The average Bonchev–Trinajstić information content (AvgIpc) is 3.11. The maximum absolute atomic E-state index is 12.6. The van der Waals surface area contributed by atoms with Gasteiger partial charge in [-0.2, -0.15) is 0 Å². The molecule has 8 nitrogen and oxygen atoms in total. The van der Waals surface area contributed by atoms with E-state index < -0.39 is 13.7 Å². The van der Waals surface area contributed by atoms with Crippen molar-refractivity contribution < 1.29 is 19.0 Å². The van der Waals surface area contributed by atoms with Crippen molar-refractivity contribution in [2.75, 3.05) is 19.8 Å². The molecule has 0 aliphatic carbocycles. The fourth-order valence-electron chi connectivity index (χ4n) is 3.65. The van der Waals surface area contributed by atoms with Crippen LogP contribution in [0.25, 0.3) is 11.0 Å². The fourth-order valence-corrected chi connectivity index (χ4v) is 4.41. The molecule has 0 aromatic carbocycles. The minimum absolute atomic E-state index is 0.0319. The van der Waals surface area contributed by atoms with Gasteiger partial charge < -0.3 is 23.7 Å². The third-order valence-electron chi connectivity index (χ3n) is 5.41. The highest BCUT2D eigenvalue weighted by Crippen LogP contribution is 2.25. The summed E-state index contributed by atoms with van der Waals surface area (Å²) in [5.74, 6) is 0.533. The monoisotopic (exact) mass is 462 g/mol. The van der Waals surface area contributed by atoms with Crippen LogP contribution in [0.15, 0.2) is 18.6 Å². The van der Waals surface area contributed by atoms with Gasteiger partial charge in [0.15, 0.2) is 0 Å². The van der Waals surface area contributed by atoms with E-state index in [9.17, 15) is 4.79 Å². The summed E-state index contributed by atoms with van der Waals surface area (Å²) in [7, 11) is -1.11. The first-order valence-corrected chi connectivity index (χ1v) is 15.2. The largest absolute Gasteiger partial charge is 0.475 e. The van der Waals surface area contributed by atoms with E-state index in [2.05, 4.69) is 29.6 Å². The Morgan fingerprint density at radius 3 is 2.72 bits per heavy atom. The van der Waals surface area contributed by atoms with Gasteiger partial charge in [-0.25, -0.2) is 14.8 Å². The lowest BCUT2D eigenvalue weighted by atomic mass is 10.0. The lowest BCUT2D eigenvalue weighted by molar-refractivity contribution is 0.00344. The zero-order valence-corrected chi connectivity index (χ0v) is 21.4. The molecular weight excluding hydrogens is 424 g/mol. The SMILES string of the molecule is CC(C)(C)OC(=O)N1CCCCC1COc1ncnc2c1ccn2COCC[Si](C)(C)C. The van der Waals surface area contributed by atoms with E-state index >= 15 is 0 Å². The summed E-state index contributed by atoms with van der Waals surface area (Å²) in [6.45, 7) is 15.0. The molecule has 2 aromatic rings. The van der Waals surface area contributed by atoms with Crippen molar-refractivity contribution in [3.63, 3.8) is 0 Å². The lowest BCUT2D eigenvalue weighted by Gasteiger charge is -2.36. The van der Waals surface area contributed by atoms with Crippen LogP contribution in [0, 0.1) is 0 Å². The molecule has 0 bridgehead atoms. The van der Waals surface area contributed by atoms with Gasteiger partial charge in [-0.05, 0) is 52.1 Å². The Morgan fingerprint density at radius 2 is 2.00 bits per heavy atom. The number of carbonyl (C=O) groups is 1. The van der Waals surface area contributed by atoms with Gasteiger partial charge in [0.1, 0.15) is 30.9 Å². The molecule has 0 saturated carbocycles. The topological polar surface area (TPSA) is 78.7 Å². The van der Waals surface area contributed by atoms with Crippen molar-refractivity contribution in [2.45, 2.75) is 84.1 Å². The van der Waals surface area contributed by atoms with Crippen LogP contribution in [0.2, 0.25) is 25.7 Å². The van der Waals surface area contributed by atoms with Crippen LogP contribution < -0.4 is 4.74 Å². The number of fused-ring (bicyclic) bond motifs is 1. The maximum atomic E-state index is 12.6. The van der Waals surface area contributed by atoms with Gasteiger partial charge in [-0.3, -0.25) is 0 Å². The summed E-state index contributed by atoms with van der Waals surface area (Å²) in [5, 5.41) is 0.848. The molecular formula is C23H38N4O4Si. The van der Waals surface area contributed by atoms with Crippen LogP contribution in [0.1, 0.15) is 40.0 Å². The molecule has 1 fully saturated rings. The summed E-state index contributed by atoms with van der Waals surface area (Å²) >= 11 is 0. The smallest absolute Gasteiger partial charge is 0.410 e. The molecule has 1 atom stereocenters. The highest BCUT2D eigenvalue weighted by atomic mass is 28.3. The number of hydrogen-bond acceptors (Lipinski definition) is 6. The molecule has 178 valence electrons. The van der Waals surface area contributed by atoms with E-state index in [1.54, 1.807) is 4.90 Å². The Kier molecular flexibility index (Phi) is 7.82. The van der Waals surface area contributed by atoms with Gasteiger partial charge >= 0.3 is 6.09 Å². The molecule has 3 rings (SSSR count). The highest BCUT2D eigenvalue weighted by molar-refractivity contribution is 6.76. The van der Waals surface area contributed by atoms with Crippen molar-refractivity contribution in [3.05, 3.63) is 18.6 Å². The number of aromatic nitrogens is 3. The van der Waals surface area contributed by atoms with Gasteiger partial charge in [0, 0.05) is 27.4 Å². The van der Waals surface area contributed by atoms with Gasteiger partial charge in [0.05, 0.1) is 11.4 Å². The minimum Gasteiger partial charge on any atom is -0.475 e. The van der Waals surface area contributed by atoms with Crippen molar-refractivity contribution in [3.8, 4) is 5.88 Å². The number of carbonyl (C=O) groups excluding carboxylic acids is 1. The van der Waals surface area contributed by atoms with E-state index in [0.717, 1.165) is 42.9 Å². The van der Waals surface area contributed by atoms with Crippen molar-refractivity contribution >= 4 is 25.2 Å². The highest BCUT2D eigenvalue weighted by Gasteiger charge is 2.31. The molecule has 9 heteroatoms. The average molecular weight is 463 g/mol. The molecule has 0 N–H and O–H groups in total. The first-order chi connectivity index (χ1) is 15.0. The quantitative estimate of drug-likeness (QED) is 0.410. The second-order valence-corrected chi connectivity index (χ2v) is 16.3. The van der Waals surface area contributed by atoms with E-state index in [4.69, 9.17) is 14.2 Å². The van der Waals surface area contributed by atoms with Crippen molar-refractivity contribution in [1.29, 1.82) is 0 Å². The van der Waals surface area contributed by atoms with Crippen LogP contribution in [0.5, 0.6) is 5.88 Å². The normalized spacial score (nSPS) is 17.6. The fraction of sp³-hybridized carbons (Fsp3) is 0.696. The zero-order chi connectivity index (χ0) is 23.4. The van der Waals surface area contributed by atoms with Gasteiger partial charge in [0.2, 0.25) is 5.88 Å². The van der Waals surface area contributed by atoms with Crippen LogP contribution in [0.4, 0.5) is 4.79 Å². The van der Waals surface area contributed by atoms with E-state index in [1.165, 1.54) is 6.33 Å². The summed E-state index contributed by atoms with van der Waals surface area (Å²) in [5.41, 5.74) is 0.273. The third-order valence-corrected chi connectivity index (χ3v) is 7.12. The number of nitrogens with zero attached hydrogens (tertiary/aromatic N) is 4. The summed E-state index contributed by atoms with van der Waals surface area (Å²) in [4.78, 5) is 23.2. The summed E-state index contributed by atoms with van der Waals surface area (Å²) in [6.07, 6.45) is 6.13. The Hall–Kier alpha value is -2.13. The van der Waals surface area contributed by atoms with Crippen LogP contribution in [0.3, 0.4) is 0 Å². The molecule has 32 heavy (non-hydrogen) atoms. The first kappa shape index (κ1) is 24.5. The molecule has 1 saturated heterocycles. The molecule has 0 spiro atoms.